The molecule has 10 heteroatoms. The fraction of sp³-hybridized carbons (Fsp3) is 0.519. The Morgan fingerprint density at radius 1 is 1.27 bits per heavy atom. The number of hydrogen-bond donors (Lipinski definition) is 5. The highest BCUT2D eigenvalue weighted by molar-refractivity contribution is 7.91. The highest BCUT2D eigenvalue weighted by Gasteiger charge is 2.44. The van der Waals surface area contributed by atoms with Crippen LogP contribution in [-0.4, -0.2) is 54.6 Å². The lowest BCUT2D eigenvalue weighted by molar-refractivity contribution is -0.147. The first-order valence-corrected chi connectivity index (χ1v) is 14.0. The summed E-state index contributed by atoms with van der Waals surface area (Å²) in [4.78, 5) is 12.1. The Kier molecular flexibility index (Phi) is 9.89. The number of ether oxygens (including phenoxy) is 1. The maximum atomic E-state index is 13.9. The quantitative estimate of drug-likeness (QED) is 0.305. The number of nitrogens with one attached hydrogen (secondary N) is 1. The number of aliphatic hydroxyl groups excluding tert-OH is 1. The molecule has 37 heavy (non-hydrogen) atoms. The minimum Gasteiger partial charge on any atom is -0.496 e. The van der Waals surface area contributed by atoms with Crippen molar-refractivity contribution in [3.63, 3.8) is 0 Å². The number of aliphatic carboxylic acids is 1. The molecule has 0 radical (unpaired) electrons. The number of nitrogens with two attached hydrogens (primary N) is 1. The smallest absolute Gasteiger partial charge is 0.326 e. The van der Waals surface area contributed by atoms with Crippen molar-refractivity contribution in [1.82, 2.24) is 11.5 Å². The fourth-order valence-corrected chi connectivity index (χ4v) is 7.15. The highest BCUT2D eigenvalue weighted by atomic mass is 32.2. The summed E-state index contributed by atoms with van der Waals surface area (Å²) in [7, 11) is -2.34. The largest absolute Gasteiger partial charge is 0.496 e. The third kappa shape index (κ3) is 6.15. The number of sulfone groups is 1. The Balaban J connectivity index is 0.00000481. The summed E-state index contributed by atoms with van der Waals surface area (Å²) in [6.07, 6.45) is 1.47. The number of methoxy groups -OCH3 is 1. The fourth-order valence-electron chi connectivity index (χ4n) is 4.97. The molecule has 0 bridgehead atoms. The Bertz CT molecular complexity index is 1190. The van der Waals surface area contributed by atoms with Gasteiger partial charge in [0.15, 0.2) is 9.84 Å². The van der Waals surface area contributed by atoms with Crippen LogP contribution in [0.25, 0.3) is 0 Å². The molecule has 2 aromatic rings. The number of benzene rings is 2. The van der Waals surface area contributed by atoms with Crippen molar-refractivity contribution >= 4 is 15.8 Å². The van der Waals surface area contributed by atoms with Crippen molar-refractivity contribution in [2.45, 2.75) is 81.0 Å². The summed E-state index contributed by atoms with van der Waals surface area (Å²) >= 11 is 0. The van der Waals surface area contributed by atoms with Gasteiger partial charge in [-0.15, -0.1) is 0 Å². The first-order valence-electron chi connectivity index (χ1n) is 12.4. The number of rotatable bonds is 10. The lowest BCUT2D eigenvalue weighted by Crippen LogP contribution is -2.58. The van der Waals surface area contributed by atoms with Crippen molar-refractivity contribution in [2.24, 2.45) is 5.73 Å². The molecule has 2 aromatic carbocycles. The normalized spacial score (nSPS) is 23.0. The average molecular weight is 536 g/mol. The Hall–Kier alpha value is -2.50. The van der Waals surface area contributed by atoms with Crippen molar-refractivity contribution < 1.29 is 28.2 Å². The summed E-state index contributed by atoms with van der Waals surface area (Å²) in [5.74, 6) is -1.14. The second-order valence-corrected chi connectivity index (χ2v) is 11.8. The third-order valence-electron chi connectivity index (χ3n) is 7.42. The van der Waals surface area contributed by atoms with E-state index in [-0.39, 0.29) is 23.2 Å². The molecule has 3 rings (SSSR count). The number of carboxylic acids is 1. The van der Waals surface area contributed by atoms with E-state index in [1.54, 1.807) is 6.07 Å². The van der Waals surface area contributed by atoms with Gasteiger partial charge >= 0.3 is 5.97 Å². The molecule has 0 saturated carbocycles. The van der Waals surface area contributed by atoms with Gasteiger partial charge in [0, 0.05) is 12.0 Å². The van der Waals surface area contributed by atoms with Gasteiger partial charge in [-0.3, -0.25) is 10.1 Å². The molecule has 8 N–H and O–H groups in total. The Labute approximate surface area is 219 Å². The summed E-state index contributed by atoms with van der Waals surface area (Å²) in [5.41, 5.74) is 5.21. The highest BCUT2D eigenvalue weighted by Crippen LogP contribution is 2.41. The molecular weight excluding hydrogens is 494 g/mol. The molecule has 206 valence electrons. The second-order valence-electron chi connectivity index (χ2n) is 9.88. The number of aliphatic hydroxyl groups is 1. The number of carboxylic acid groups (broad SMARTS) is 1. The topological polar surface area (TPSA) is 174 Å². The Morgan fingerprint density at radius 2 is 1.92 bits per heavy atom. The number of hydrogen-bond acceptors (Lipinski definition) is 8. The first-order chi connectivity index (χ1) is 16.9. The zero-order chi connectivity index (χ0) is 26.7. The van der Waals surface area contributed by atoms with Crippen LogP contribution in [0.3, 0.4) is 0 Å². The van der Waals surface area contributed by atoms with E-state index in [1.807, 2.05) is 37.3 Å². The summed E-state index contributed by atoms with van der Waals surface area (Å²) in [6, 6.07) is 12.4. The van der Waals surface area contributed by atoms with Crippen LogP contribution in [0.15, 0.2) is 47.4 Å². The van der Waals surface area contributed by atoms with Crippen molar-refractivity contribution in [1.29, 1.82) is 0 Å². The molecule has 1 aliphatic heterocycles. The molecule has 9 nitrogen and oxygen atoms in total. The molecule has 0 spiro atoms. The van der Waals surface area contributed by atoms with Gasteiger partial charge in [0.05, 0.1) is 29.9 Å². The molecular formula is C27H41N3O6S. The lowest BCUT2D eigenvalue weighted by atomic mass is 9.85. The summed E-state index contributed by atoms with van der Waals surface area (Å²) in [6.45, 7) is 5.39. The van der Waals surface area contributed by atoms with Crippen LogP contribution >= 0.6 is 0 Å². The van der Waals surface area contributed by atoms with Crippen molar-refractivity contribution in [2.75, 3.05) is 12.9 Å². The van der Waals surface area contributed by atoms with Crippen LogP contribution in [-0.2, 0) is 21.1 Å². The Morgan fingerprint density at radius 3 is 2.43 bits per heavy atom. The van der Waals surface area contributed by atoms with Crippen molar-refractivity contribution in [3.05, 3.63) is 59.2 Å². The molecule has 1 heterocycles. The summed E-state index contributed by atoms with van der Waals surface area (Å²) < 4.78 is 33.4. The zero-order valence-electron chi connectivity index (χ0n) is 22.2. The lowest BCUT2D eigenvalue weighted by Gasteiger charge is -2.36. The predicted octanol–water partition coefficient (Wildman–Crippen LogP) is 3.37. The van der Waals surface area contributed by atoms with Gasteiger partial charge in [-0.05, 0) is 48.6 Å². The molecule has 1 aliphatic rings. The van der Waals surface area contributed by atoms with Crippen LogP contribution in [0.1, 0.15) is 69.2 Å². The van der Waals surface area contributed by atoms with Gasteiger partial charge in [-0.25, -0.2) is 8.42 Å². The zero-order valence-corrected chi connectivity index (χ0v) is 23.0. The van der Waals surface area contributed by atoms with E-state index in [0.717, 1.165) is 18.4 Å². The SMILES string of the molecule is CCCC[C@]1(CC)CS(=O)(=O)c2cc(C[C@@](N)(C(=O)O)[C@@H](C)O)c(OC)cc2[C@@H](c2ccccc2)N1.N. The molecule has 0 unspecified atom stereocenters. The standard InChI is InChI=1S/C27H38N2O6S.H3N/c1-5-7-13-26(6-2)17-36(33,34)23-14-20(16-27(28,18(3)30)25(31)32)22(35-4)15-21(23)24(29-26)19-11-9-8-10-12-19;/h8-12,14-15,18,24,29-30H,5-7,13,16-17,28H2,1-4H3,(H,31,32);1H3/t18-,24-,26-,27+;/m1./s1. The molecule has 0 aliphatic carbocycles. The van der Waals surface area contributed by atoms with E-state index in [1.165, 1.54) is 20.1 Å². The average Bonchev–Trinajstić information content (AvgIpc) is 2.94. The second kappa shape index (κ2) is 11.9. The first kappa shape index (κ1) is 30.7. The van der Waals surface area contributed by atoms with E-state index < -0.39 is 39.0 Å². The van der Waals surface area contributed by atoms with E-state index in [9.17, 15) is 23.4 Å². The maximum absolute atomic E-state index is 13.9. The van der Waals surface area contributed by atoms with E-state index >= 15 is 0 Å². The van der Waals surface area contributed by atoms with Crippen LogP contribution in [0.5, 0.6) is 5.75 Å². The minimum atomic E-state index is -3.78. The van der Waals surface area contributed by atoms with Gasteiger partial charge in [0.2, 0.25) is 0 Å². The predicted molar refractivity (Wildman–Crippen MR) is 144 cm³/mol. The molecule has 4 atom stereocenters. The van der Waals surface area contributed by atoms with Crippen molar-refractivity contribution in [3.8, 4) is 5.75 Å². The third-order valence-corrected chi connectivity index (χ3v) is 9.38. The molecule has 0 fully saturated rings. The van der Waals surface area contributed by atoms with E-state index in [4.69, 9.17) is 10.5 Å². The number of fused-ring (bicyclic) bond motifs is 1. The van der Waals surface area contributed by atoms with Gasteiger partial charge in [-0.2, -0.15) is 0 Å². The van der Waals surface area contributed by atoms with Gasteiger partial charge < -0.3 is 26.8 Å². The van der Waals surface area contributed by atoms with Crippen LogP contribution in [0.4, 0.5) is 0 Å². The molecule has 0 saturated heterocycles. The minimum absolute atomic E-state index is 0. The maximum Gasteiger partial charge on any atom is 0.326 e. The van der Waals surface area contributed by atoms with Gasteiger partial charge in [0.25, 0.3) is 0 Å². The van der Waals surface area contributed by atoms with Gasteiger partial charge in [-0.1, -0.05) is 57.0 Å². The summed E-state index contributed by atoms with van der Waals surface area (Å²) in [5, 5.41) is 23.6. The molecule has 0 aromatic heterocycles. The van der Waals surface area contributed by atoms with Crippen LogP contribution in [0.2, 0.25) is 0 Å². The van der Waals surface area contributed by atoms with E-state index in [0.29, 0.717) is 29.7 Å². The van der Waals surface area contributed by atoms with Gasteiger partial charge in [0.1, 0.15) is 11.3 Å². The van der Waals surface area contributed by atoms with E-state index in [2.05, 4.69) is 12.2 Å². The monoisotopic (exact) mass is 535 g/mol. The van der Waals surface area contributed by atoms with Crippen LogP contribution in [0, 0.1) is 0 Å². The molecule has 0 amide bonds. The number of unbranched alkanes of at least 4 members (excludes halogenated alkanes) is 1. The van der Waals surface area contributed by atoms with Crippen LogP contribution < -0.4 is 21.9 Å². The number of carbonyl (C=O) groups is 1.